The van der Waals surface area contributed by atoms with E-state index in [1.54, 1.807) is 11.1 Å². The van der Waals surface area contributed by atoms with Crippen LogP contribution in [0, 0.1) is 5.92 Å². The number of carbonyl (C=O) groups excluding carboxylic acids is 2. The highest BCUT2D eigenvalue weighted by Crippen LogP contribution is 2.25. The van der Waals surface area contributed by atoms with Crippen molar-refractivity contribution in [3.8, 4) is 0 Å². The minimum absolute atomic E-state index is 0.0115. The van der Waals surface area contributed by atoms with Gasteiger partial charge in [0.15, 0.2) is 0 Å². The number of rotatable bonds is 5. The molecule has 2 aromatic carbocycles. The van der Waals surface area contributed by atoms with Crippen LogP contribution >= 0.6 is 0 Å². The summed E-state index contributed by atoms with van der Waals surface area (Å²) in [5, 5.41) is 0.927. The Labute approximate surface area is 158 Å². The van der Waals surface area contributed by atoms with E-state index in [2.05, 4.69) is 4.98 Å². The van der Waals surface area contributed by atoms with Crippen molar-refractivity contribution in [2.75, 3.05) is 19.6 Å². The molecule has 1 N–H and O–H groups in total. The Hall–Kier alpha value is -3.08. The van der Waals surface area contributed by atoms with Gasteiger partial charge >= 0.3 is 0 Å². The molecule has 0 radical (unpaired) electrons. The molecule has 0 aliphatic carbocycles. The SMILES string of the molecule is CCN(Cc1ccccc1)C(=O)C1CN(C(=O)c2c[nH]c3ccccc23)C1. The lowest BCUT2D eigenvalue weighted by Crippen LogP contribution is -2.56. The third kappa shape index (κ3) is 3.33. The molecule has 0 saturated carbocycles. The fourth-order valence-electron chi connectivity index (χ4n) is 3.63. The van der Waals surface area contributed by atoms with E-state index in [1.807, 2.05) is 66.4 Å². The number of aromatic amines is 1. The minimum atomic E-state index is -0.109. The van der Waals surface area contributed by atoms with Gasteiger partial charge in [-0.2, -0.15) is 0 Å². The van der Waals surface area contributed by atoms with E-state index in [9.17, 15) is 9.59 Å². The highest BCUT2D eigenvalue weighted by atomic mass is 16.2. The van der Waals surface area contributed by atoms with Gasteiger partial charge in [-0.05, 0) is 18.6 Å². The molecule has 0 spiro atoms. The first-order chi connectivity index (χ1) is 13.2. The zero-order chi connectivity index (χ0) is 18.8. The lowest BCUT2D eigenvalue weighted by molar-refractivity contribution is -0.140. The van der Waals surface area contributed by atoms with Gasteiger partial charge in [0.25, 0.3) is 5.91 Å². The van der Waals surface area contributed by atoms with Gasteiger partial charge in [0.1, 0.15) is 0 Å². The van der Waals surface area contributed by atoms with Crippen molar-refractivity contribution in [3.63, 3.8) is 0 Å². The van der Waals surface area contributed by atoms with Crippen molar-refractivity contribution in [2.45, 2.75) is 13.5 Å². The summed E-state index contributed by atoms with van der Waals surface area (Å²) in [4.78, 5) is 32.4. The van der Waals surface area contributed by atoms with Gasteiger partial charge in [-0.1, -0.05) is 48.5 Å². The minimum Gasteiger partial charge on any atom is -0.360 e. The second-order valence-corrected chi connectivity index (χ2v) is 6.99. The number of para-hydroxylation sites is 1. The summed E-state index contributed by atoms with van der Waals surface area (Å²) in [7, 11) is 0. The molecule has 27 heavy (non-hydrogen) atoms. The number of likely N-dealkylation sites (tertiary alicyclic amines) is 1. The highest BCUT2D eigenvalue weighted by molar-refractivity contribution is 6.07. The van der Waals surface area contributed by atoms with Crippen molar-refractivity contribution < 1.29 is 9.59 Å². The number of hydrogen-bond acceptors (Lipinski definition) is 2. The summed E-state index contributed by atoms with van der Waals surface area (Å²) < 4.78 is 0. The molecular weight excluding hydrogens is 338 g/mol. The van der Waals surface area contributed by atoms with E-state index in [0.717, 1.165) is 16.5 Å². The Bertz CT molecular complexity index is 958. The first-order valence-corrected chi connectivity index (χ1v) is 9.35. The molecule has 138 valence electrons. The topological polar surface area (TPSA) is 56.4 Å². The Balaban J connectivity index is 1.39. The van der Waals surface area contributed by atoms with Gasteiger partial charge in [-0.3, -0.25) is 9.59 Å². The number of benzene rings is 2. The van der Waals surface area contributed by atoms with Gasteiger partial charge < -0.3 is 14.8 Å². The predicted octanol–water partition coefficient (Wildman–Crippen LogP) is 3.29. The molecule has 1 fully saturated rings. The number of nitrogens with one attached hydrogen (secondary N) is 1. The second kappa shape index (κ2) is 7.27. The van der Waals surface area contributed by atoms with Gasteiger partial charge in [0, 0.05) is 43.3 Å². The van der Waals surface area contributed by atoms with Gasteiger partial charge in [-0.25, -0.2) is 0 Å². The molecule has 2 amide bonds. The third-order valence-electron chi connectivity index (χ3n) is 5.25. The molecule has 1 aliphatic heterocycles. The van der Waals surface area contributed by atoms with E-state index in [-0.39, 0.29) is 17.7 Å². The smallest absolute Gasteiger partial charge is 0.256 e. The van der Waals surface area contributed by atoms with E-state index in [1.165, 1.54) is 0 Å². The van der Waals surface area contributed by atoms with Crippen LogP contribution in [0.3, 0.4) is 0 Å². The molecular formula is C22H23N3O2. The maximum atomic E-state index is 12.8. The highest BCUT2D eigenvalue weighted by Gasteiger charge is 2.38. The molecule has 4 rings (SSSR count). The van der Waals surface area contributed by atoms with Crippen LogP contribution in [0.1, 0.15) is 22.8 Å². The van der Waals surface area contributed by atoms with Gasteiger partial charge in [-0.15, -0.1) is 0 Å². The van der Waals surface area contributed by atoms with E-state index in [4.69, 9.17) is 0 Å². The monoisotopic (exact) mass is 361 g/mol. The number of fused-ring (bicyclic) bond motifs is 1. The van der Waals surface area contributed by atoms with E-state index < -0.39 is 0 Å². The number of carbonyl (C=O) groups is 2. The van der Waals surface area contributed by atoms with Crippen molar-refractivity contribution in [2.24, 2.45) is 5.92 Å². The quantitative estimate of drug-likeness (QED) is 0.758. The molecule has 0 bridgehead atoms. The first-order valence-electron chi connectivity index (χ1n) is 9.35. The van der Waals surface area contributed by atoms with Crippen molar-refractivity contribution in [1.82, 2.24) is 14.8 Å². The Morgan fingerprint density at radius 1 is 1.07 bits per heavy atom. The predicted molar refractivity (Wildman–Crippen MR) is 105 cm³/mol. The number of amides is 2. The summed E-state index contributed by atoms with van der Waals surface area (Å²) in [6.45, 7) is 4.25. The van der Waals surface area contributed by atoms with Crippen LogP contribution in [0.25, 0.3) is 10.9 Å². The third-order valence-corrected chi connectivity index (χ3v) is 5.25. The zero-order valence-corrected chi connectivity index (χ0v) is 15.4. The molecule has 5 nitrogen and oxygen atoms in total. The summed E-state index contributed by atoms with van der Waals surface area (Å²) in [5.41, 5.74) is 2.75. The largest absolute Gasteiger partial charge is 0.360 e. The standard InChI is InChI=1S/C22H23N3O2/c1-2-24(13-16-8-4-3-5-9-16)21(26)17-14-25(15-17)22(27)19-12-23-20-11-7-6-10-18(19)20/h3-12,17,23H,2,13-15H2,1H3. The fraction of sp³-hybridized carbons (Fsp3) is 0.273. The maximum absolute atomic E-state index is 12.8. The number of H-pyrrole nitrogens is 1. The van der Waals surface area contributed by atoms with Crippen molar-refractivity contribution >= 4 is 22.7 Å². The Morgan fingerprint density at radius 2 is 1.78 bits per heavy atom. The molecule has 3 aromatic rings. The second-order valence-electron chi connectivity index (χ2n) is 6.99. The molecule has 1 saturated heterocycles. The summed E-state index contributed by atoms with van der Waals surface area (Å²) in [6.07, 6.45) is 1.76. The van der Waals surface area contributed by atoms with Crippen LogP contribution < -0.4 is 0 Å². The number of aromatic nitrogens is 1. The molecule has 0 atom stereocenters. The molecule has 2 heterocycles. The van der Waals surface area contributed by atoms with Gasteiger partial charge in [0.2, 0.25) is 5.91 Å². The molecule has 1 aromatic heterocycles. The lowest BCUT2D eigenvalue weighted by Gasteiger charge is -2.40. The number of nitrogens with zero attached hydrogens (tertiary/aromatic N) is 2. The van der Waals surface area contributed by atoms with Crippen LogP contribution in [0.4, 0.5) is 0 Å². The average molecular weight is 361 g/mol. The summed E-state index contributed by atoms with van der Waals surface area (Å²) >= 11 is 0. The van der Waals surface area contributed by atoms with E-state index in [0.29, 0.717) is 31.7 Å². The molecule has 1 aliphatic rings. The molecule has 5 heteroatoms. The lowest BCUT2D eigenvalue weighted by atomic mass is 9.96. The average Bonchev–Trinajstić information content (AvgIpc) is 3.09. The van der Waals surface area contributed by atoms with E-state index >= 15 is 0 Å². The van der Waals surface area contributed by atoms with Crippen molar-refractivity contribution in [1.29, 1.82) is 0 Å². The normalized spacial score (nSPS) is 14.2. The maximum Gasteiger partial charge on any atom is 0.256 e. The van der Waals surface area contributed by atoms with Crippen LogP contribution in [0.5, 0.6) is 0 Å². The fourth-order valence-corrected chi connectivity index (χ4v) is 3.63. The van der Waals surface area contributed by atoms with Crippen molar-refractivity contribution in [3.05, 3.63) is 71.9 Å². The summed E-state index contributed by atoms with van der Waals surface area (Å²) in [6, 6.07) is 17.8. The van der Waals surface area contributed by atoms with Crippen LogP contribution in [-0.4, -0.2) is 46.2 Å². The van der Waals surface area contributed by atoms with Gasteiger partial charge in [0.05, 0.1) is 11.5 Å². The number of hydrogen-bond donors (Lipinski definition) is 1. The first kappa shape index (κ1) is 17.3. The van der Waals surface area contributed by atoms with Crippen LogP contribution in [-0.2, 0) is 11.3 Å². The van der Waals surface area contributed by atoms with Crippen LogP contribution in [0.15, 0.2) is 60.8 Å². The summed E-state index contributed by atoms with van der Waals surface area (Å²) in [5.74, 6) is 0.00903. The zero-order valence-electron chi connectivity index (χ0n) is 15.4. The van der Waals surface area contributed by atoms with Crippen LogP contribution in [0.2, 0.25) is 0 Å². The Kier molecular flexibility index (Phi) is 4.67. The Morgan fingerprint density at radius 3 is 2.52 bits per heavy atom. The molecule has 0 unspecified atom stereocenters.